The van der Waals surface area contributed by atoms with Crippen LogP contribution in [0.25, 0.3) is 22.5 Å². The SMILES string of the molecule is CCc1cc(-c2ccc(-c3cnc(N4CCN[C@@H](C(C)C)C4)nn3)c(O)c2)ncn1. The molecule has 0 radical (unpaired) electrons. The van der Waals surface area contributed by atoms with Crippen molar-refractivity contribution in [2.75, 3.05) is 24.5 Å². The molecule has 2 aromatic heterocycles. The van der Waals surface area contributed by atoms with Gasteiger partial charge in [0.2, 0.25) is 5.95 Å². The Hall–Kier alpha value is -3.13. The molecular weight excluding hydrogens is 378 g/mol. The number of hydrogen-bond donors (Lipinski definition) is 2. The molecule has 1 atom stereocenters. The Bertz CT molecular complexity index is 1010. The minimum absolute atomic E-state index is 0.120. The summed E-state index contributed by atoms with van der Waals surface area (Å²) < 4.78 is 0. The van der Waals surface area contributed by atoms with Crippen molar-refractivity contribution in [3.8, 4) is 28.3 Å². The van der Waals surface area contributed by atoms with E-state index >= 15 is 0 Å². The monoisotopic (exact) mass is 405 g/mol. The van der Waals surface area contributed by atoms with Crippen LogP contribution < -0.4 is 10.2 Å². The van der Waals surface area contributed by atoms with Crippen molar-refractivity contribution in [2.45, 2.75) is 33.2 Å². The molecular formula is C22H27N7O. The van der Waals surface area contributed by atoms with Gasteiger partial charge < -0.3 is 15.3 Å². The van der Waals surface area contributed by atoms with Crippen molar-refractivity contribution in [1.82, 2.24) is 30.5 Å². The molecule has 1 fully saturated rings. The number of benzene rings is 1. The average Bonchev–Trinajstić information content (AvgIpc) is 2.79. The molecule has 1 aliphatic rings. The van der Waals surface area contributed by atoms with E-state index in [1.807, 2.05) is 25.1 Å². The highest BCUT2D eigenvalue weighted by Gasteiger charge is 2.23. The normalized spacial score (nSPS) is 16.8. The highest BCUT2D eigenvalue weighted by molar-refractivity contribution is 5.72. The molecule has 8 nitrogen and oxygen atoms in total. The van der Waals surface area contributed by atoms with Gasteiger partial charge in [-0.15, -0.1) is 10.2 Å². The quantitative estimate of drug-likeness (QED) is 0.668. The van der Waals surface area contributed by atoms with Crippen molar-refractivity contribution >= 4 is 5.95 Å². The summed E-state index contributed by atoms with van der Waals surface area (Å²) in [4.78, 5) is 15.2. The van der Waals surface area contributed by atoms with Crippen molar-refractivity contribution < 1.29 is 5.11 Å². The number of anilines is 1. The number of aromatic nitrogens is 5. The van der Waals surface area contributed by atoms with E-state index in [0.29, 0.717) is 29.2 Å². The van der Waals surface area contributed by atoms with E-state index in [0.717, 1.165) is 43.0 Å². The molecule has 4 rings (SSSR count). The second kappa shape index (κ2) is 8.71. The largest absolute Gasteiger partial charge is 0.507 e. The minimum atomic E-state index is 0.120. The van der Waals surface area contributed by atoms with Crippen LogP contribution in [0.15, 0.2) is 36.8 Å². The first-order chi connectivity index (χ1) is 14.5. The van der Waals surface area contributed by atoms with Crippen LogP contribution in [0.4, 0.5) is 5.95 Å². The Morgan fingerprint density at radius 1 is 1.13 bits per heavy atom. The highest BCUT2D eigenvalue weighted by atomic mass is 16.3. The lowest BCUT2D eigenvalue weighted by Crippen LogP contribution is -2.53. The van der Waals surface area contributed by atoms with E-state index in [9.17, 15) is 5.11 Å². The zero-order valence-electron chi connectivity index (χ0n) is 17.6. The van der Waals surface area contributed by atoms with Crippen LogP contribution in [-0.2, 0) is 6.42 Å². The lowest BCUT2D eigenvalue weighted by atomic mass is 10.0. The number of phenolic OH excluding ortho intramolecular Hbond substituents is 1. The average molecular weight is 406 g/mol. The van der Waals surface area contributed by atoms with Gasteiger partial charge >= 0.3 is 0 Å². The zero-order valence-corrected chi connectivity index (χ0v) is 17.6. The molecule has 3 heterocycles. The number of nitrogens with zero attached hydrogens (tertiary/aromatic N) is 6. The van der Waals surface area contributed by atoms with Crippen LogP contribution in [0.3, 0.4) is 0 Å². The van der Waals surface area contributed by atoms with E-state index in [-0.39, 0.29) is 5.75 Å². The Labute approximate surface area is 176 Å². The highest BCUT2D eigenvalue weighted by Crippen LogP contribution is 2.31. The molecule has 0 saturated carbocycles. The maximum Gasteiger partial charge on any atom is 0.245 e. The van der Waals surface area contributed by atoms with Gasteiger partial charge in [0.25, 0.3) is 0 Å². The Balaban J connectivity index is 1.54. The van der Waals surface area contributed by atoms with Gasteiger partial charge in [0.05, 0.1) is 11.9 Å². The van der Waals surface area contributed by atoms with E-state index in [1.165, 1.54) is 0 Å². The third-order valence-corrected chi connectivity index (χ3v) is 5.50. The lowest BCUT2D eigenvalue weighted by molar-refractivity contribution is 0.365. The molecule has 30 heavy (non-hydrogen) atoms. The molecule has 1 saturated heterocycles. The predicted molar refractivity (Wildman–Crippen MR) is 116 cm³/mol. The number of rotatable bonds is 5. The molecule has 0 bridgehead atoms. The van der Waals surface area contributed by atoms with Crippen LogP contribution >= 0.6 is 0 Å². The van der Waals surface area contributed by atoms with Crippen LogP contribution in [0.5, 0.6) is 5.75 Å². The van der Waals surface area contributed by atoms with Gasteiger partial charge in [-0.25, -0.2) is 15.0 Å². The molecule has 1 aliphatic heterocycles. The van der Waals surface area contributed by atoms with E-state index in [1.54, 1.807) is 18.6 Å². The summed E-state index contributed by atoms with van der Waals surface area (Å²) in [5, 5.41) is 22.8. The smallest absolute Gasteiger partial charge is 0.245 e. The van der Waals surface area contributed by atoms with Crippen LogP contribution in [0, 0.1) is 5.92 Å². The number of aromatic hydroxyl groups is 1. The Morgan fingerprint density at radius 3 is 2.70 bits per heavy atom. The van der Waals surface area contributed by atoms with Gasteiger partial charge in [-0.1, -0.05) is 26.8 Å². The van der Waals surface area contributed by atoms with Gasteiger partial charge in [0.1, 0.15) is 17.8 Å². The number of hydrogen-bond acceptors (Lipinski definition) is 8. The predicted octanol–water partition coefficient (Wildman–Crippen LogP) is 2.70. The van der Waals surface area contributed by atoms with Crippen molar-refractivity contribution in [2.24, 2.45) is 5.92 Å². The third kappa shape index (κ3) is 4.23. The standard InChI is InChI=1S/C22H27N7O/c1-4-16-10-18(26-13-25-16)15-5-6-17(21(30)9-15)19-11-24-22(28-27-19)29-8-7-23-20(12-29)14(2)3/h5-6,9-11,13-14,20,23,30H,4,7-8,12H2,1-3H3/t20-/m1/s1. The molecule has 156 valence electrons. The summed E-state index contributed by atoms with van der Waals surface area (Å²) in [5.41, 5.74) is 3.70. The van der Waals surface area contributed by atoms with Gasteiger partial charge in [0.15, 0.2) is 0 Å². The maximum atomic E-state index is 10.6. The van der Waals surface area contributed by atoms with Gasteiger partial charge in [0, 0.05) is 42.5 Å². The number of piperazine rings is 1. The van der Waals surface area contributed by atoms with Crippen molar-refractivity contribution in [3.63, 3.8) is 0 Å². The summed E-state index contributed by atoms with van der Waals surface area (Å²) in [7, 11) is 0. The number of nitrogens with one attached hydrogen (secondary N) is 1. The van der Waals surface area contributed by atoms with E-state index in [4.69, 9.17) is 0 Å². The van der Waals surface area contributed by atoms with Crippen molar-refractivity contribution in [3.05, 3.63) is 42.5 Å². The van der Waals surface area contributed by atoms with E-state index < -0.39 is 0 Å². The fourth-order valence-electron chi connectivity index (χ4n) is 3.60. The third-order valence-electron chi connectivity index (χ3n) is 5.50. The first kappa shape index (κ1) is 20.2. The molecule has 0 amide bonds. The van der Waals surface area contributed by atoms with Gasteiger partial charge in [-0.3, -0.25) is 0 Å². The van der Waals surface area contributed by atoms with Crippen molar-refractivity contribution in [1.29, 1.82) is 0 Å². The fourth-order valence-corrected chi connectivity index (χ4v) is 3.60. The molecule has 2 N–H and O–H groups in total. The second-order valence-corrected chi connectivity index (χ2v) is 7.87. The van der Waals surface area contributed by atoms with Gasteiger partial charge in [-0.05, 0) is 30.5 Å². The first-order valence-corrected chi connectivity index (χ1v) is 10.4. The van der Waals surface area contributed by atoms with Gasteiger partial charge in [-0.2, -0.15) is 0 Å². The van der Waals surface area contributed by atoms with Crippen LogP contribution in [-0.4, -0.2) is 55.9 Å². The Morgan fingerprint density at radius 2 is 2.00 bits per heavy atom. The number of phenols is 1. The topological polar surface area (TPSA) is 100.0 Å². The lowest BCUT2D eigenvalue weighted by Gasteiger charge is -2.35. The molecule has 1 aromatic carbocycles. The molecule has 0 aliphatic carbocycles. The van der Waals surface area contributed by atoms with Crippen LogP contribution in [0.1, 0.15) is 26.5 Å². The molecule has 0 unspecified atom stereocenters. The summed E-state index contributed by atoms with van der Waals surface area (Å²) in [6.45, 7) is 9.07. The molecule has 0 spiro atoms. The maximum absolute atomic E-state index is 10.6. The summed E-state index contributed by atoms with van der Waals surface area (Å²) in [5.74, 6) is 1.28. The van der Waals surface area contributed by atoms with E-state index in [2.05, 4.69) is 49.2 Å². The molecule has 8 heteroatoms. The summed E-state index contributed by atoms with van der Waals surface area (Å²) in [6.07, 6.45) is 4.05. The number of aryl methyl sites for hydroxylation is 1. The zero-order chi connectivity index (χ0) is 21.1. The summed E-state index contributed by atoms with van der Waals surface area (Å²) >= 11 is 0. The fraction of sp³-hybridized carbons (Fsp3) is 0.409. The second-order valence-electron chi connectivity index (χ2n) is 7.87. The Kier molecular flexibility index (Phi) is 5.85. The minimum Gasteiger partial charge on any atom is -0.507 e. The molecule has 3 aromatic rings. The van der Waals surface area contributed by atoms with Crippen LogP contribution in [0.2, 0.25) is 0 Å². The summed E-state index contributed by atoms with van der Waals surface area (Å²) in [6, 6.07) is 7.77. The first-order valence-electron chi connectivity index (χ1n) is 10.4.